The standard InChI is InChI=1S/C9H18N6S2.Zn/c1-5-11-9(17)15-13-7(3)6(2)12-14-8(16)10-4;/h5H2,1-4H3,(H2,10,14,16)(H2,11,15,17);/q;+2/p-2. The molecule has 0 heterocycles. The Balaban J connectivity index is 0. The van der Waals surface area contributed by atoms with E-state index < -0.39 is 0 Å². The Morgan fingerprint density at radius 1 is 0.944 bits per heavy atom. The van der Waals surface area contributed by atoms with Gasteiger partial charge in [-0.15, -0.1) is 0 Å². The summed E-state index contributed by atoms with van der Waals surface area (Å²) in [6.07, 6.45) is 0. The number of rotatable bonds is 4. The van der Waals surface area contributed by atoms with Crippen LogP contribution in [-0.2, 0) is 44.7 Å². The van der Waals surface area contributed by atoms with Gasteiger partial charge in [0.05, 0.1) is 11.4 Å². The van der Waals surface area contributed by atoms with Gasteiger partial charge in [0.15, 0.2) is 0 Å². The second kappa shape index (κ2) is 11.4. The Morgan fingerprint density at radius 2 is 1.39 bits per heavy atom. The van der Waals surface area contributed by atoms with Gasteiger partial charge < -0.3 is 35.9 Å². The number of hydrogen-bond donors (Lipinski definition) is 2. The summed E-state index contributed by atoms with van der Waals surface area (Å²) in [7, 11) is 1.68. The van der Waals surface area contributed by atoms with Crippen molar-refractivity contribution in [3.05, 3.63) is 0 Å². The van der Waals surface area contributed by atoms with Crippen molar-refractivity contribution in [2.45, 2.75) is 20.8 Å². The summed E-state index contributed by atoms with van der Waals surface area (Å²) in [5.41, 5.74) is 1.26. The van der Waals surface area contributed by atoms with E-state index in [9.17, 15) is 0 Å². The molecule has 0 atom stereocenters. The first-order valence-corrected chi connectivity index (χ1v) is 5.83. The normalized spacial score (nSPS) is 14.0. The molecule has 0 saturated heterocycles. The van der Waals surface area contributed by atoms with Gasteiger partial charge in [-0.3, -0.25) is 0 Å². The van der Waals surface area contributed by atoms with Crippen LogP contribution < -0.4 is 10.6 Å². The summed E-state index contributed by atoms with van der Waals surface area (Å²) in [6, 6.07) is 0. The Bertz CT molecular complexity index is 364. The molecule has 0 aromatic carbocycles. The Morgan fingerprint density at radius 3 is 1.78 bits per heavy atom. The van der Waals surface area contributed by atoms with Crippen molar-refractivity contribution in [2.75, 3.05) is 13.6 Å². The predicted octanol–water partition coefficient (Wildman–Crippen LogP) is 0.370. The van der Waals surface area contributed by atoms with Gasteiger partial charge in [0.25, 0.3) is 0 Å². The summed E-state index contributed by atoms with van der Waals surface area (Å²) in [6.45, 7) is 6.19. The van der Waals surface area contributed by atoms with Crippen molar-refractivity contribution in [1.82, 2.24) is 10.6 Å². The first kappa shape index (κ1) is 19.7. The van der Waals surface area contributed by atoms with Crippen LogP contribution in [0.3, 0.4) is 0 Å². The number of nitrogens with one attached hydrogen (secondary N) is 2. The summed E-state index contributed by atoms with van der Waals surface area (Å²) in [4.78, 5) is 0. The van der Waals surface area contributed by atoms with Gasteiger partial charge in [-0.05, 0) is 31.1 Å². The summed E-state index contributed by atoms with van der Waals surface area (Å²) in [5, 5.41) is 21.6. The topological polar surface area (TPSA) is 73.5 Å². The molecule has 0 radical (unpaired) electrons. The van der Waals surface area contributed by atoms with E-state index in [2.05, 4.69) is 31.0 Å². The van der Waals surface area contributed by atoms with E-state index in [1.54, 1.807) is 20.9 Å². The van der Waals surface area contributed by atoms with E-state index in [-0.39, 0.29) is 19.5 Å². The fraction of sp³-hybridized carbons (Fsp3) is 0.556. The van der Waals surface area contributed by atoms with E-state index in [0.29, 0.717) is 21.8 Å². The first-order chi connectivity index (χ1) is 8.01. The third-order valence-corrected chi connectivity index (χ3v) is 2.16. The van der Waals surface area contributed by atoms with Gasteiger partial charge >= 0.3 is 19.5 Å². The molecule has 0 aliphatic carbocycles. The van der Waals surface area contributed by atoms with Crippen LogP contribution in [0.4, 0.5) is 0 Å². The molecule has 6 nitrogen and oxygen atoms in total. The molecular weight excluding hydrogens is 322 g/mol. The molecule has 0 aliphatic rings. The van der Waals surface area contributed by atoms with Crippen LogP contribution in [0.5, 0.6) is 0 Å². The SMILES string of the molecule is CCNC([S-])=NN=C(C)C(C)=NN=C([S-])NC.[Zn+2]. The summed E-state index contributed by atoms with van der Waals surface area (Å²) < 4.78 is 0. The number of amidine groups is 2. The van der Waals surface area contributed by atoms with E-state index >= 15 is 0 Å². The quantitative estimate of drug-likeness (QED) is 0.256. The second-order valence-electron chi connectivity index (χ2n) is 2.96. The van der Waals surface area contributed by atoms with Crippen molar-refractivity contribution in [1.29, 1.82) is 0 Å². The Labute approximate surface area is 131 Å². The van der Waals surface area contributed by atoms with Gasteiger partial charge in [0.1, 0.15) is 0 Å². The minimum absolute atomic E-state index is 0. The van der Waals surface area contributed by atoms with E-state index in [1.807, 2.05) is 6.92 Å². The molecule has 9 heteroatoms. The van der Waals surface area contributed by atoms with Gasteiger partial charge in [0, 0.05) is 13.6 Å². The molecule has 0 rings (SSSR count). The molecule has 0 aromatic heterocycles. The molecule has 0 amide bonds. The van der Waals surface area contributed by atoms with Crippen LogP contribution in [0.25, 0.3) is 0 Å². The van der Waals surface area contributed by atoms with E-state index in [4.69, 9.17) is 25.3 Å². The van der Waals surface area contributed by atoms with Crippen molar-refractivity contribution >= 4 is 47.0 Å². The van der Waals surface area contributed by atoms with E-state index in [0.717, 1.165) is 6.54 Å². The predicted molar refractivity (Wildman–Crippen MR) is 78.6 cm³/mol. The Hall–Kier alpha value is -0.657. The third kappa shape index (κ3) is 9.38. The Kier molecular flexibility index (Phi) is 12.5. The fourth-order valence-corrected chi connectivity index (χ4v) is 0.848. The molecule has 18 heavy (non-hydrogen) atoms. The summed E-state index contributed by atoms with van der Waals surface area (Å²) in [5.74, 6) is 0. The molecule has 0 saturated carbocycles. The first-order valence-electron chi connectivity index (χ1n) is 5.01. The molecule has 0 aliphatic heterocycles. The average molecular weight is 338 g/mol. The zero-order valence-electron chi connectivity index (χ0n) is 11.0. The van der Waals surface area contributed by atoms with Gasteiger partial charge in [-0.2, -0.15) is 20.4 Å². The number of nitrogens with zero attached hydrogens (tertiary/aromatic N) is 4. The van der Waals surface area contributed by atoms with Crippen molar-refractivity contribution in [3.8, 4) is 0 Å². The van der Waals surface area contributed by atoms with Crippen LogP contribution in [0.1, 0.15) is 20.8 Å². The zero-order valence-corrected chi connectivity index (χ0v) is 15.6. The maximum atomic E-state index is 4.90. The third-order valence-electron chi connectivity index (χ3n) is 1.65. The van der Waals surface area contributed by atoms with Gasteiger partial charge in [0.2, 0.25) is 0 Å². The monoisotopic (exact) mass is 336 g/mol. The van der Waals surface area contributed by atoms with Crippen LogP contribution in [0.2, 0.25) is 0 Å². The smallest absolute Gasteiger partial charge is 0.741 e. The second-order valence-corrected chi connectivity index (χ2v) is 3.73. The van der Waals surface area contributed by atoms with Crippen LogP contribution in [-0.4, -0.2) is 35.4 Å². The maximum Gasteiger partial charge on any atom is 2.00 e. The molecule has 0 unspecified atom stereocenters. The van der Waals surface area contributed by atoms with Crippen molar-refractivity contribution in [2.24, 2.45) is 20.4 Å². The molecule has 96 valence electrons. The van der Waals surface area contributed by atoms with Crippen LogP contribution >= 0.6 is 0 Å². The van der Waals surface area contributed by atoms with Crippen LogP contribution in [0.15, 0.2) is 20.4 Å². The minimum atomic E-state index is 0. The molecule has 0 bridgehead atoms. The molecule has 0 aromatic rings. The molecule has 0 spiro atoms. The molecule has 2 N–H and O–H groups in total. The average Bonchev–Trinajstić information content (AvgIpc) is 2.32. The minimum Gasteiger partial charge on any atom is -0.741 e. The van der Waals surface area contributed by atoms with Crippen molar-refractivity contribution < 1.29 is 19.5 Å². The van der Waals surface area contributed by atoms with Crippen molar-refractivity contribution in [3.63, 3.8) is 0 Å². The zero-order chi connectivity index (χ0) is 13.3. The molecular formula is C9H16N6S2Zn. The summed E-state index contributed by atoms with van der Waals surface area (Å²) >= 11 is 9.73. The maximum absolute atomic E-state index is 4.90. The van der Waals surface area contributed by atoms with Crippen LogP contribution in [0, 0.1) is 0 Å². The fourth-order valence-electron chi connectivity index (χ4n) is 0.622. The largest absolute Gasteiger partial charge is 2.00 e. The molecule has 0 fully saturated rings. The van der Waals surface area contributed by atoms with Gasteiger partial charge in [-0.25, -0.2) is 0 Å². The number of hydrogen-bond acceptors (Lipinski definition) is 6. The van der Waals surface area contributed by atoms with E-state index in [1.165, 1.54) is 0 Å². The van der Waals surface area contributed by atoms with Gasteiger partial charge in [-0.1, -0.05) is 0 Å².